The van der Waals surface area contributed by atoms with Gasteiger partial charge in [0.2, 0.25) is 0 Å². The van der Waals surface area contributed by atoms with Crippen molar-refractivity contribution in [2.24, 2.45) is 0 Å². The predicted molar refractivity (Wildman–Crippen MR) is 295 cm³/mol. The Balaban J connectivity index is 1.10. The maximum Gasteiger partial charge on any atom is 0.0546 e. The fourth-order valence-electron chi connectivity index (χ4n) is 13.1. The van der Waals surface area contributed by atoms with Gasteiger partial charge in [0.05, 0.1) is 5.69 Å². The highest BCUT2D eigenvalue weighted by molar-refractivity contribution is 6.33. The lowest BCUT2D eigenvalue weighted by Gasteiger charge is -2.38. The smallest absolute Gasteiger partial charge is 0.0546 e. The Morgan fingerprint density at radius 2 is 0.971 bits per heavy atom. The van der Waals surface area contributed by atoms with Crippen molar-refractivity contribution in [3.05, 3.63) is 241 Å². The van der Waals surface area contributed by atoms with E-state index in [0.29, 0.717) is 0 Å². The van der Waals surface area contributed by atoms with Gasteiger partial charge in [0.15, 0.2) is 0 Å². The van der Waals surface area contributed by atoms with Crippen LogP contribution in [0.15, 0.2) is 230 Å². The zero-order valence-corrected chi connectivity index (χ0v) is 38.8. The van der Waals surface area contributed by atoms with E-state index in [2.05, 4.69) is 229 Å². The first kappa shape index (κ1) is 40.1. The molecule has 1 spiro atoms. The monoisotopic (exact) mass is 881 g/mol. The molecule has 3 aliphatic rings. The van der Waals surface area contributed by atoms with E-state index >= 15 is 0 Å². The molecule has 1 fully saturated rings. The van der Waals surface area contributed by atoms with Crippen LogP contribution < -0.4 is 4.90 Å². The van der Waals surface area contributed by atoms with Crippen LogP contribution in [0, 0.1) is 0 Å². The summed E-state index contributed by atoms with van der Waals surface area (Å²) >= 11 is 0. The maximum absolute atomic E-state index is 2.62. The summed E-state index contributed by atoms with van der Waals surface area (Å²) in [6, 6.07) is 80.1. The summed E-state index contributed by atoms with van der Waals surface area (Å²) in [5.41, 5.74) is 17.3. The molecular formula is C68H51N. The van der Waals surface area contributed by atoms with Crippen LogP contribution in [0.1, 0.15) is 56.1 Å². The molecule has 0 aliphatic heterocycles. The molecule has 0 radical (unpaired) electrons. The lowest BCUT2D eigenvalue weighted by molar-refractivity contribution is 0.350. The molecule has 1 nitrogen and oxygen atoms in total. The highest BCUT2D eigenvalue weighted by Crippen LogP contribution is 2.58. The molecule has 0 aromatic heterocycles. The Morgan fingerprint density at radius 1 is 0.391 bits per heavy atom. The van der Waals surface area contributed by atoms with Gasteiger partial charge in [-0.25, -0.2) is 0 Å². The molecule has 14 rings (SSSR count). The van der Waals surface area contributed by atoms with E-state index in [1.54, 1.807) is 11.1 Å². The van der Waals surface area contributed by atoms with Crippen LogP contribution in [0.2, 0.25) is 0 Å². The molecule has 0 amide bonds. The lowest BCUT2D eigenvalue weighted by Crippen LogP contribution is -2.29. The van der Waals surface area contributed by atoms with Gasteiger partial charge in [-0.05, 0) is 166 Å². The molecule has 328 valence electrons. The fourth-order valence-corrected chi connectivity index (χ4v) is 13.1. The van der Waals surface area contributed by atoms with Gasteiger partial charge < -0.3 is 4.90 Å². The quantitative estimate of drug-likeness (QED) is 0.150. The van der Waals surface area contributed by atoms with Gasteiger partial charge in [-0.15, -0.1) is 0 Å². The van der Waals surface area contributed by atoms with Gasteiger partial charge >= 0.3 is 0 Å². The molecule has 11 aromatic carbocycles. The van der Waals surface area contributed by atoms with Crippen LogP contribution in [0.4, 0.5) is 17.1 Å². The van der Waals surface area contributed by atoms with Crippen LogP contribution in [-0.4, -0.2) is 0 Å². The predicted octanol–water partition coefficient (Wildman–Crippen LogP) is 19.2. The van der Waals surface area contributed by atoms with Crippen molar-refractivity contribution >= 4 is 76.5 Å². The molecule has 0 heterocycles. The molecule has 1 heteroatoms. The molecule has 0 N–H and O–H groups in total. The van der Waals surface area contributed by atoms with E-state index < -0.39 is 0 Å². The third-order valence-corrected chi connectivity index (χ3v) is 16.1. The molecule has 0 saturated heterocycles. The number of allylic oxidation sites excluding steroid dienone is 4. The van der Waals surface area contributed by atoms with Crippen LogP contribution in [0.25, 0.3) is 92.8 Å². The van der Waals surface area contributed by atoms with Crippen molar-refractivity contribution in [2.45, 2.75) is 50.4 Å². The summed E-state index contributed by atoms with van der Waals surface area (Å²) in [6.45, 7) is 0. The molecular weight excluding hydrogens is 831 g/mol. The number of nitrogens with zero attached hydrogens (tertiary/aromatic N) is 1. The number of anilines is 3. The second-order valence-electron chi connectivity index (χ2n) is 19.7. The Morgan fingerprint density at radius 3 is 1.71 bits per heavy atom. The van der Waals surface area contributed by atoms with Crippen LogP contribution >= 0.6 is 0 Å². The minimum Gasteiger partial charge on any atom is -0.310 e. The van der Waals surface area contributed by atoms with E-state index in [9.17, 15) is 0 Å². The summed E-state index contributed by atoms with van der Waals surface area (Å²) in [4.78, 5) is 2.60. The zero-order chi connectivity index (χ0) is 45.5. The van der Waals surface area contributed by atoms with Crippen LogP contribution in [0.5, 0.6) is 0 Å². The van der Waals surface area contributed by atoms with E-state index in [1.165, 1.54) is 142 Å². The number of hydrogen-bond acceptors (Lipinski definition) is 1. The molecule has 3 aliphatic carbocycles. The van der Waals surface area contributed by atoms with Crippen molar-refractivity contribution in [2.75, 3.05) is 4.90 Å². The molecule has 0 atom stereocenters. The minimum absolute atomic E-state index is 0.0756. The first-order valence-electron chi connectivity index (χ1n) is 25.1. The molecule has 0 unspecified atom stereocenters. The summed E-state index contributed by atoms with van der Waals surface area (Å²) in [5.74, 6) is 0. The normalized spacial score (nSPS) is 15.1. The van der Waals surface area contributed by atoms with Gasteiger partial charge in [-0.1, -0.05) is 207 Å². The van der Waals surface area contributed by atoms with Crippen molar-refractivity contribution in [1.82, 2.24) is 0 Å². The minimum atomic E-state index is 0.0756. The van der Waals surface area contributed by atoms with Crippen molar-refractivity contribution in [3.63, 3.8) is 0 Å². The Labute approximate surface area is 404 Å². The summed E-state index contributed by atoms with van der Waals surface area (Å²) in [5, 5.41) is 12.6. The number of hydrogen-bond donors (Lipinski definition) is 0. The Bertz CT molecular complexity index is 3910. The fraction of sp³-hybridized carbons (Fsp3) is 0.118. The second kappa shape index (κ2) is 16.1. The average Bonchev–Trinajstić information content (AvgIpc) is 3.68. The highest BCUT2D eigenvalue weighted by atomic mass is 15.1. The summed E-state index contributed by atoms with van der Waals surface area (Å²) < 4.78 is 0. The second-order valence-corrected chi connectivity index (χ2v) is 19.7. The van der Waals surface area contributed by atoms with Gasteiger partial charge in [0, 0.05) is 22.2 Å². The summed E-state index contributed by atoms with van der Waals surface area (Å²) in [7, 11) is 0. The van der Waals surface area contributed by atoms with E-state index in [0.717, 1.165) is 18.5 Å². The lowest BCUT2D eigenvalue weighted by atomic mass is 9.66. The van der Waals surface area contributed by atoms with Crippen molar-refractivity contribution in [3.8, 4) is 33.4 Å². The highest BCUT2D eigenvalue weighted by Gasteiger charge is 2.45. The Kier molecular flexibility index (Phi) is 9.34. The largest absolute Gasteiger partial charge is 0.310 e. The van der Waals surface area contributed by atoms with Gasteiger partial charge in [-0.3, -0.25) is 0 Å². The SMILES string of the molecule is C1=CC2=C(CC1)c1ccc(N(c3ccc4c(c3)c3ccccc3c3c(-c5ccccc5)cc(-c5ccccc5)c(-c5ccccc5)c43)c3cc4ccccc4c4ccccc34)cc1C21CCCCC1. The molecule has 11 aromatic rings. The van der Waals surface area contributed by atoms with E-state index in [1.807, 2.05) is 0 Å². The first-order chi connectivity index (χ1) is 34.2. The number of rotatable bonds is 6. The maximum atomic E-state index is 2.62. The van der Waals surface area contributed by atoms with Crippen LogP contribution in [-0.2, 0) is 5.41 Å². The third-order valence-electron chi connectivity index (χ3n) is 16.1. The molecule has 69 heavy (non-hydrogen) atoms. The zero-order valence-electron chi connectivity index (χ0n) is 38.8. The van der Waals surface area contributed by atoms with E-state index in [4.69, 9.17) is 0 Å². The number of fused-ring (bicyclic) bond motifs is 13. The standard InChI is InChI=1S/C68H51N/c1-5-21-45(22-6-1)59-44-60(46-23-7-2-8-24-46)66-57-33-16-14-30-53(57)61-42-49(36-38-58(61)67(66)65(59)47-25-9-3-10-26-47)69(64-41-48-27-11-12-28-51(48)52-29-13-15-32-56(52)64)50-35-37-55-54-31-17-18-34-62(54)68(63(55)43-50)39-19-4-20-40-68/h1-3,5-16,18,21-30,32-38,41-44H,4,17,19-20,31,39-40H2. The summed E-state index contributed by atoms with van der Waals surface area (Å²) in [6.07, 6.45) is 13.5. The van der Waals surface area contributed by atoms with E-state index in [-0.39, 0.29) is 5.41 Å². The van der Waals surface area contributed by atoms with Crippen LogP contribution in [0.3, 0.4) is 0 Å². The number of benzene rings is 11. The third kappa shape index (κ3) is 6.23. The van der Waals surface area contributed by atoms with Gasteiger partial charge in [0.1, 0.15) is 0 Å². The topological polar surface area (TPSA) is 3.24 Å². The average molecular weight is 882 g/mol. The molecule has 1 saturated carbocycles. The van der Waals surface area contributed by atoms with Gasteiger partial charge in [-0.2, -0.15) is 0 Å². The van der Waals surface area contributed by atoms with Crippen molar-refractivity contribution < 1.29 is 0 Å². The Hall–Kier alpha value is -8.00. The van der Waals surface area contributed by atoms with Crippen molar-refractivity contribution in [1.29, 1.82) is 0 Å². The molecule has 0 bridgehead atoms. The van der Waals surface area contributed by atoms with Gasteiger partial charge in [0.25, 0.3) is 0 Å². The first-order valence-corrected chi connectivity index (χ1v) is 25.1.